The molecule has 4 aliphatic carbocycles. The van der Waals surface area contributed by atoms with E-state index >= 15 is 0 Å². The normalized spacial score (nSPS) is 33.3. The van der Waals surface area contributed by atoms with Gasteiger partial charge in [-0.05, 0) is 80.5 Å². The van der Waals surface area contributed by atoms with Crippen molar-refractivity contribution < 1.29 is 14.0 Å². The summed E-state index contributed by atoms with van der Waals surface area (Å²) in [6, 6.07) is 4.90. The minimum Gasteiger partial charge on any atom is -0.340 e. The minimum atomic E-state index is -0.586. The second-order valence-electron chi connectivity index (χ2n) is 9.22. The van der Waals surface area contributed by atoms with Gasteiger partial charge in [0.25, 0.3) is 5.91 Å². The van der Waals surface area contributed by atoms with Gasteiger partial charge in [-0.25, -0.2) is 4.39 Å². The number of nitrogens with one attached hydrogen (secondary N) is 2. The van der Waals surface area contributed by atoms with Crippen LogP contribution < -0.4 is 10.6 Å². The average molecular weight is 416 g/mol. The van der Waals surface area contributed by atoms with Crippen molar-refractivity contribution in [3.8, 4) is 0 Å². The van der Waals surface area contributed by atoms with Gasteiger partial charge in [-0.2, -0.15) is 0 Å². The first-order valence-electron chi connectivity index (χ1n) is 10.6. The lowest BCUT2D eigenvalue weighted by Gasteiger charge is -2.58. The van der Waals surface area contributed by atoms with Gasteiger partial charge >= 0.3 is 0 Å². The Labute approximate surface area is 174 Å². The van der Waals surface area contributed by atoms with Crippen molar-refractivity contribution in [1.82, 2.24) is 10.6 Å². The number of amidine groups is 1. The highest BCUT2D eigenvalue weighted by Crippen LogP contribution is 2.61. The number of carbonyl (C=O) groups is 2. The number of hydrogen-bond acceptors (Lipinski definition) is 4. The lowest BCUT2D eigenvalue weighted by Crippen LogP contribution is -2.62. The van der Waals surface area contributed by atoms with Crippen molar-refractivity contribution in [3.63, 3.8) is 0 Å². The van der Waals surface area contributed by atoms with Crippen LogP contribution in [0.15, 0.2) is 29.3 Å². The molecule has 2 N–H and O–H groups in total. The molecule has 6 rings (SSSR count). The molecule has 29 heavy (non-hydrogen) atoms. The van der Waals surface area contributed by atoms with E-state index in [1.807, 2.05) is 0 Å². The molecule has 1 unspecified atom stereocenters. The highest BCUT2D eigenvalue weighted by molar-refractivity contribution is 8.14. The third kappa shape index (κ3) is 3.69. The first-order valence-corrected chi connectivity index (χ1v) is 11.5. The topological polar surface area (TPSA) is 70.6 Å². The Morgan fingerprint density at radius 1 is 1.07 bits per heavy atom. The molecule has 1 atom stereocenters. The van der Waals surface area contributed by atoms with E-state index < -0.39 is 6.04 Å². The molecule has 154 valence electrons. The molecular formula is C22H26FN3O2S. The number of amides is 2. The van der Waals surface area contributed by atoms with Crippen LogP contribution in [0.4, 0.5) is 4.39 Å². The Balaban J connectivity index is 1.42. The van der Waals surface area contributed by atoms with Gasteiger partial charge in [0.05, 0.1) is 6.54 Å². The number of aliphatic imine (C=N–C) groups is 1. The lowest BCUT2D eigenvalue weighted by molar-refractivity contribution is -0.133. The number of benzene rings is 1. The van der Waals surface area contributed by atoms with Crippen molar-refractivity contribution in [1.29, 1.82) is 0 Å². The highest BCUT2D eigenvalue weighted by Gasteiger charge is 2.56. The molecule has 1 aliphatic heterocycles. The quantitative estimate of drug-likeness (QED) is 0.792. The maximum atomic E-state index is 13.4. The molecule has 0 aromatic heterocycles. The molecule has 2 amide bonds. The summed E-state index contributed by atoms with van der Waals surface area (Å²) in [5, 5.41) is 6.67. The van der Waals surface area contributed by atoms with Crippen LogP contribution >= 0.6 is 11.8 Å². The molecule has 1 heterocycles. The first-order chi connectivity index (χ1) is 14.0. The van der Waals surface area contributed by atoms with Gasteiger partial charge < -0.3 is 10.6 Å². The maximum Gasteiger partial charge on any atom is 0.251 e. The molecular weight excluding hydrogens is 389 g/mol. The van der Waals surface area contributed by atoms with Gasteiger partial charge in [-0.1, -0.05) is 11.8 Å². The van der Waals surface area contributed by atoms with Crippen LogP contribution in [0, 0.1) is 29.0 Å². The zero-order valence-corrected chi connectivity index (χ0v) is 17.1. The monoisotopic (exact) mass is 415 g/mol. The summed E-state index contributed by atoms with van der Waals surface area (Å²) in [6.45, 7) is 0.713. The smallest absolute Gasteiger partial charge is 0.251 e. The summed E-state index contributed by atoms with van der Waals surface area (Å²) in [6.07, 6.45) is 6.80. The van der Waals surface area contributed by atoms with Crippen molar-refractivity contribution in [2.75, 3.05) is 12.3 Å². The number of thioether (sulfide) groups is 1. The Morgan fingerprint density at radius 2 is 1.69 bits per heavy atom. The van der Waals surface area contributed by atoms with Gasteiger partial charge in [0.15, 0.2) is 5.17 Å². The second kappa shape index (κ2) is 7.42. The van der Waals surface area contributed by atoms with E-state index in [1.165, 1.54) is 43.5 Å². The summed E-state index contributed by atoms with van der Waals surface area (Å²) in [5.41, 5.74) is 0.194. The Kier molecular flexibility index (Phi) is 4.88. The summed E-state index contributed by atoms with van der Waals surface area (Å²) in [7, 11) is 0. The summed E-state index contributed by atoms with van der Waals surface area (Å²) < 4.78 is 13.3. The van der Waals surface area contributed by atoms with Crippen LogP contribution in [0.25, 0.3) is 0 Å². The van der Waals surface area contributed by atoms with E-state index in [0.717, 1.165) is 25.0 Å². The number of rotatable bonds is 4. The standard InChI is InChI=1S/C22H26FN3O2S/c23-17-3-1-16(2-4-17)19(27)25-18(20(28)26-21-24-5-6-29-21)22-10-13-7-14(11-22)9-15(8-13)12-22/h1-4,13-15,18H,5-12H2,(H,25,27)(H,24,26,28). The molecule has 5 nitrogen and oxygen atoms in total. The van der Waals surface area contributed by atoms with E-state index in [-0.39, 0.29) is 23.0 Å². The van der Waals surface area contributed by atoms with Crippen molar-refractivity contribution in [2.45, 2.75) is 44.6 Å². The Morgan fingerprint density at radius 3 is 2.24 bits per heavy atom. The average Bonchev–Trinajstić information content (AvgIpc) is 3.18. The maximum absolute atomic E-state index is 13.4. The van der Waals surface area contributed by atoms with E-state index in [1.54, 1.807) is 11.8 Å². The van der Waals surface area contributed by atoms with E-state index in [2.05, 4.69) is 15.6 Å². The first kappa shape index (κ1) is 19.1. The molecule has 5 aliphatic rings. The Bertz CT molecular complexity index is 819. The number of halogens is 1. The Hall–Kier alpha value is -1.89. The third-order valence-corrected chi connectivity index (χ3v) is 8.05. The van der Waals surface area contributed by atoms with Crippen molar-refractivity contribution in [3.05, 3.63) is 35.6 Å². The molecule has 0 radical (unpaired) electrons. The number of carbonyl (C=O) groups excluding carboxylic acids is 2. The van der Waals surface area contributed by atoms with Gasteiger partial charge in [0.2, 0.25) is 5.91 Å². The summed E-state index contributed by atoms with van der Waals surface area (Å²) >= 11 is 1.55. The zero-order chi connectivity index (χ0) is 20.0. The molecule has 0 spiro atoms. The largest absolute Gasteiger partial charge is 0.340 e. The lowest BCUT2D eigenvalue weighted by atomic mass is 9.47. The molecule has 4 bridgehead atoms. The highest BCUT2D eigenvalue weighted by atomic mass is 32.2. The van der Waals surface area contributed by atoms with Crippen LogP contribution in [0.5, 0.6) is 0 Å². The fourth-order valence-electron chi connectivity index (χ4n) is 6.43. The van der Waals surface area contributed by atoms with Gasteiger partial charge in [0, 0.05) is 16.7 Å². The predicted octanol–water partition coefficient (Wildman–Crippen LogP) is 3.36. The second-order valence-corrected chi connectivity index (χ2v) is 10.3. The predicted molar refractivity (Wildman–Crippen MR) is 111 cm³/mol. The summed E-state index contributed by atoms with van der Waals surface area (Å²) in [5.74, 6) is 2.01. The molecule has 4 fully saturated rings. The third-order valence-electron chi connectivity index (χ3n) is 7.16. The van der Waals surface area contributed by atoms with Gasteiger partial charge in [-0.15, -0.1) is 0 Å². The van der Waals surface area contributed by atoms with Crippen molar-refractivity contribution in [2.24, 2.45) is 28.2 Å². The number of hydrogen-bond donors (Lipinski definition) is 2. The zero-order valence-electron chi connectivity index (χ0n) is 16.3. The molecule has 7 heteroatoms. The summed E-state index contributed by atoms with van der Waals surface area (Å²) in [4.78, 5) is 30.7. The van der Waals surface area contributed by atoms with Crippen LogP contribution in [-0.4, -0.2) is 35.3 Å². The molecule has 4 saturated carbocycles. The van der Waals surface area contributed by atoms with Crippen LogP contribution in [0.3, 0.4) is 0 Å². The van der Waals surface area contributed by atoms with E-state index in [9.17, 15) is 14.0 Å². The van der Waals surface area contributed by atoms with E-state index in [4.69, 9.17) is 0 Å². The minimum absolute atomic E-state index is 0.157. The fraction of sp³-hybridized carbons (Fsp3) is 0.591. The van der Waals surface area contributed by atoms with Crippen LogP contribution in [0.2, 0.25) is 0 Å². The van der Waals surface area contributed by atoms with Crippen LogP contribution in [-0.2, 0) is 4.79 Å². The fourth-order valence-corrected chi connectivity index (χ4v) is 7.16. The van der Waals surface area contributed by atoms with Crippen LogP contribution in [0.1, 0.15) is 48.9 Å². The molecule has 0 saturated heterocycles. The van der Waals surface area contributed by atoms with E-state index in [0.29, 0.717) is 35.0 Å². The SMILES string of the molecule is O=C(NC(C(=O)NC1=NCCS1)C12CC3CC(CC(C3)C1)C2)c1ccc(F)cc1. The number of nitrogens with zero attached hydrogens (tertiary/aromatic N) is 1. The van der Waals surface area contributed by atoms with Crippen molar-refractivity contribution >= 4 is 28.7 Å². The van der Waals surface area contributed by atoms with Gasteiger partial charge in [-0.3, -0.25) is 14.6 Å². The van der Waals surface area contributed by atoms with Gasteiger partial charge in [0.1, 0.15) is 11.9 Å². The molecule has 1 aromatic rings. The molecule has 1 aromatic carbocycles.